The molecule has 4 rings (SSSR count). The zero-order chi connectivity index (χ0) is 22.7. The standard InChI is InChI=1S/C24H26N2O6/c1-2-19(23(28)29)25-22(27)21-20(11-12-31-21)26-24(30)32-13-18-16-9-5-3-7-14(16)15-8-4-6-10-17(15)18/h3-10,18-21H,2,11-13H2,1H3,(H,25,27)(H,26,30)(H,28,29)/t19-,20-,21+/m1/s1. The number of fused-ring (bicyclic) bond motifs is 3. The van der Waals surface area contributed by atoms with Crippen molar-refractivity contribution in [2.75, 3.05) is 13.2 Å². The Morgan fingerprint density at radius 2 is 1.72 bits per heavy atom. The largest absolute Gasteiger partial charge is 0.480 e. The van der Waals surface area contributed by atoms with Gasteiger partial charge in [0.25, 0.3) is 5.91 Å². The third-order valence-electron chi connectivity index (χ3n) is 6.02. The van der Waals surface area contributed by atoms with Crippen molar-refractivity contribution in [3.8, 4) is 11.1 Å². The zero-order valence-corrected chi connectivity index (χ0v) is 17.7. The van der Waals surface area contributed by atoms with Crippen molar-refractivity contribution >= 4 is 18.0 Å². The van der Waals surface area contributed by atoms with Crippen LogP contribution in [0, 0.1) is 0 Å². The number of ether oxygens (including phenoxy) is 2. The van der Waals surface area contributed by atoms with E-state index in [-0.39, 0.29) is 25.6 Å². The van der Waals surface area contributed by atoms with Crippen molar-refractivity contribution < 1.29 is 29.0 Å². The summed E-state index contributed by atoms with van der Waals surface area (Å²) in [5.41, 5.74) is 4.51. The molecule has 1 heterocycles. The van der Waals surface area contributed by atoms with E-state index in [1.807, 2.05) is 36.4 Å². The summed E-state index contributed by atoms with van der Waals surface area (Å²) in [7, 11) is 0. The smallest absolute Gasteiger partial charge is 0.407 e. The highest BCUT2D eigenvalue weighted by Crippen LogP contribution is 2.44. The van der Waals surface area contributed by atoms with E-state index in [9.17, 15) is 14.4 Å². The molecule has 0 aromatic heterocycles. The molecule has 0 spiro atoms. The first-order chi connectivity index (χ1) is 15.5. The Bertz CT molecular complexity index is 978. The maximum Gasteiger partial charge on any atom is 0.407 e. The first-order valence-electron chi connectivity index (χ1n) is 10.8. The van der Waals surface area contributed by atoms with Crippen LogP contribution in [-0.2, 0) is 19.1 Å². The van der Waals surface area contributed by atoms with Gasteiger partial charge in [0, 0.05) is 12.5 Å². The van der Waals surface area contributed by atoms with Crippen molar-refractivity contribution in [1.29, 1.82) is 0 Å². The summed E-state index contributed by atoms with van der Waals surface area (Å²) in [6.07, 6.45) is -0.904. The molecule has 2 aliphatic rings. The lowest BCUT2D eigenvalue weighted by atomic mass is 9.98. The van der Waals surface area contributed by atoms with Crippen LogP contribution in [0.1, 0.15) is 36.8 Å². The lowest BCUT2D eigenvalue weighted by molar-refractivity contribution is -0.143. The van der Waals surface area contributed by atoms with E-state index in [4.69, 9.17) is 14.6 Å². The molecule has 3 N–H and O–H groups in total. The molecule has 168 valence electrons. The lowest BCUT2D eigenvalue weighted by Crippen LogP contribution is -2.52. The number of carboxylic acids is 1. The van der Waals surface area contributed by atoms with Gasteiger partial charge in [-0.3, -0.25) is 4.79 Å². The summed E-state index contributed by atoms with van der Waals surface area (Å²) < 4.78 is 11.0. The Hall–Kier alpha value is -3.39. The minimum atomic E-state index is -1.11. The van der Waals surface area contributed by atoms with Crippen LogP contribution < -0.4 is 10.6 Å². The van der Waals surface area contributed by atoms with E-state index in [1.165, 1.54) is 0 Å². The predicted molar refractivity (Wildman–Crippen MR) is 116 cm³/mol. The zero-order valence-electron chi connectivity index (χ0n) is 17.7. The van der Waals surface area contributed by atoms with Crippen molar-refractivity contribution in [3.05, 3.63) is 59.7 Å². The Morgan fingerprint density at radius 3 is 2.31 bits per heavy atom. The van der Waals surface area contributed by atoms with Gasteiger partial charge in [0.2, 0.25) is 0 Å². The number of hydrogen-bond donors (Lipinski definition) is 3. The fraction of sp³-hybridized carbons (Fsp3) is 0.375. The normalized spacial score (nSPS) is 20.2. The molecule has 1 fully saturated rings. The molecule has 2 aromatic rings. The van der Waals surface area contributed by atoms with Crippen molar-refractivity contribution in [2.45, 2.75) is 43.9 Å². The quantitative estimate of drug-likeness (QED) is 0.612. The van der Waals surface area contributed by atoms with E-state index in [0.717, 1.165) is 22.3 Å². The van der Waals surface area contributed by atoms with E-state index in [2.05, 4.69) is 22.8 Å². The molecule has 0 saturated carbocycles. The van der Waals surface area contributed by atoms with Crippen LogP contribution in [0.3, 0.4) is 0 Å². The van der Waals surface area contributed by atoms with Crippen LogP contribution in [0.25, 0.3) is 11.1 Å². The number of nitrogens with one attached hydrogen (secondary N) is 2. The van der Waals surface area contributed by atoms with Gasteiger partial charge >= 0.3 is 12.1 Å². The van der Waals surface area contributed by atoms with Gasteiger partial charge in [0.1, 0.15) is 12.6 Å². The highest BCUT2D eigenvalue weighted by molar-refractivity contribution is 5.87. The molecule has 1 aliphatic heterocycles. The van der Waals surface area contributed by atoms with Crippen LogP contribution >= 0.6 is 0 Å². The third kappa shape index (κ3) is 4.31. The second-order valence-electron chi connectivity index (χ2n) is 7.96. The first-order valence-corrected chi connectivity index (χ1v) is 10.8. The number of carbonyl (C=O) groups is 3. The van der Waals surface area contributed by atoms with E-state index >= 15 is 0 Å². The maximum atomic E-state index is 12.5. The Labute approximate surface area is 185 Å². The van der Waals surface area contributed by atoms with Gasteiger partial charge in [-0.05, 0) is 35.1 Å². The molecule has 0 bridgehead atoms. The number of rotatable bonds is 7. The van der Waals surface area contributed by atoms with Gasteiger partial charge in [0.15, 0.2) is 6.10 Å². The fourth-order valence-electron chi connectivity index (χ4n) is 4.38. The SMILES string of the molecule is CC[C@@H](NC(=O)[C@H]1OCC[C@H]1NC(=O)OCC1c2ccccc2-c2ccccc21)C(=O)O. The number of hydrogen-bond acceptors (Lipinski definition) is 5. The molecular formula is C24H26N2O6. The first kappa shape index (κ1) is 21.8. The van der Waals surface area contributed by atoms with Gasteiger partial charge in [-0.15, -0.1) is 0 Å². The average molecular weight is 438 g/mol. The number of amides is 2. The van der Waals surface area contributed by atoms with Crippen molar-refractivity contribution in [1.82, 2.24) is 10.6 Å². The monoisotopic (exact) mass is 438 g/mol. The predicted octanol–water partition coefficient (Wildman–Crippen LogP) is 2.66. The minimum Gasteiger partial charge on any atom is -0.480 e. The third-order valence-corrected chi connectivity index (χ3v) is 6.02. The van der Waals surface area contributed by atoms with Crippen molar-refractivity contribution in [2.24, 2.45) is 0 Å². The lowest BCUT2D eigenvalue weighted by Gasteiger charge is -2.22. The highest BCUT2D eigenvalue weighted by atomic mass is 16.6. The van der Waals surface area contributed by atoms with Gasteiger partial charge < -0.3 is 25.2 Å². The summed E-state index contributed by atoms with van der Waals surface area (Å²) in [6.45, 7) is 2.12. The molecule has 2 aromatic carbocycles. The summed E-state index contributed by atoms with van der Waals surface area (Å²) in [6, 6.07) is 14.5. The summed E-state index contributed by atoms with van der Waals surface area (Å²) in [4.78, 5) is 36.2. The number of alkyl carbamates (subject to hydrolysis) is 1. The molecule has 1 saturated heterocycles. The molecule has 32 heavy (non-hydrogen) atoms. The molecule has 8 nitrogen and oxygen atoms in total. The highest BCUT2D eigenvalue weighted by Gasteiger charge is 2.37. The van der Waals surface area contributed by atoms with Crippen molar-refractivity contribution in [3.63, 3.8) is 0 Å². The van der Waals surface area contributed by atoms with Gasteiger partial charge in [0.05, 0.1) is 6.04 Å². The van der Waals surface area contributed by atoms with Gasteiger partial charge in [-0.2, -0.15) is 0 Å². The molecule has 3 atom stereocenters. The Kier molecular flexibility index (Phi) is 6.41. The topological polar surface area (TPSA) is 114 Å². The minimum absolute atomic E-state index is 0.0621. The van der Waals surface area contributed by atoms with Gasteiger partial charge in [-0.25, -0.2) is 9.59 Å². The number of carbonyl (C=O) groups excluding carboxylic acids is 2. The number of benzene rings is 2. The summed E-state index contributed by atoms with van der Waals surface area (Å²) in [5.74, 6) is -1.73. The fourth-order valence-corrected chi connectivity index (χ4v) is 4.38. The Balaban J connectivity index is 1.37. The average Bonchev–Trinajstić information content (AvgIpc) is 3.38. The van der Waals surface area contributed by atoms with Crippen LogP contribution in [-0.4, -0.2) is 54.5 Å². The van der Waals surface area contributed by atoms with Crippen LogP contribution in [0.4, 0.5) is 4.79 Å². The second-order valence-corrected chi connectivity index (χ2v) is 7.96. The van der Waals surface area contributed by atoms with E-state index < -0.39 is 36.2 Å². The number of aliphatic carboxylic acids is 1. The number of carboxylic acid groups (broad SMARTS) is 1. The maximum absolute atomic E-state index is 12.5. The molecule has 1 aliphatic carbocycles. The molecule has 0 radical (unpaired) electrons. The van der Waals surface area contributed by atoms with Crippen LogP contribution in [0.15, 0.2) is 48.5 Å². The molecule has 2 amide bonds. The van der Waals surface area contributed by atoms with Crippen LogP contribution in [0.5, 0.6) is 0 Å². The summed E-state index contributed by atoms with van der Waals surface area (Å²) >= 11 is 0. The molecular weight excluding hydrogens is 412 g/mol. The second kappa shape index (κ2) is 9.40. The molecule has 8 heteroatoms. The van der Waals surface area contributed by atoms with Crippen LogP contribution in [0.2, 0.25) is 0 Å². The Morgan fingerprint density at radius 1 is 1.09 bits per heavy atom. The van der Waals surface area contributed by atoms with E-state index in [0.29, 0.717) is 6.42 Å². The van der Waals surface area contributed by atoms with E-state index in [1.54, 1.807) is 6.92 Å². The summed E-state index contributed by atoms with van der Waals surface area (Å²) in [5, 5.41) is 14.3. The van der Waals surface area contributed by atoms with Gasteiger partial charge in [-0.1, -0.05) is 55.5 Å². The molecule has 0 unspecified atom stereocenters.